The van der Waals surface area contributed by atoms with Crippen LogP contribution >= 0.6 is 45.9 Å². The maximum atomic E-state index is 14.9. The van der Waals surface area contributed by atoms with E-state index in [0.29, 0.717) is 166 Å². The van der Waals surface area contributed by atoms with E-state index in [4.69, 9.17) is 85.8 Å². The lowest BCUT2D eigenvalue weighted by Gasteiger charge is -2.35. The number of esters is 1. The minimum Gasteiger partial charge on any atom is -0.491 e. The highest BCUT2D eigenvalue weighted by molar-refractivity contribution is 7.14. The number of likely N-dealkylation sites (tertiary alicyclic amines) is 2. The van der Waals surface area contributed by atoms with Gasteiger partial charge in [-0.15, -0.1) is 35.8 Å². The van der Waals surface area contributed by atoms with Crippen molar-refractivity contribution in [1.29, 1.82) is 0 Å². The molecule has 2 aromatic carbocycles. The molecule has 6 amide bonds. The summed E-state index contributed by atoms with van der Waals surface area (Å²) < 4.78 is 53.7. The first kappa shape index (κ1) is 92.3. The zero-order valence-corrected chi connectivity index (χ0v) is 77.1. The molecule has 686 valence electrons. The highest BCUT2D eigenvalue weighted by atomic mass is 35.5. The second-order valence-corrected chi connectivity index (χ2v) is 40.5. The van der Waals surface area contributed by atoms with Gasteiger partial charge in [0.25, 0.3) is 0 Å². The molecule has 7 N–H and O–H groups in total. The molecule has 4 aliphatic heterocycles. The molecule has 0 spiro atoms. The van der Waals surface area contributed by atoms with Gasteiger partial charge in [-0.3, -0.25) is 29.0 Å². The smallest absolute Gasteiger partial charge is 0.408 e. The summed E-state index contributed by atoms with van der Waals surface area (Å²) in [5.41, 5.74) is -1.39. The van der Waals surface area contributed by atoms with E-state index >= 15 is 0 Å². The van der Waals surface area contributed by atoms with Gasteiger partial charge < -0.3 is 89.4 Å². The number of alkyl carbamates (subject to hydrolysis) is 2. The van der Waals surface area contributed by atoms with Gasteiger partial charge in [0.15, 0.2) is 10.3 Å². The van der Waals surface area contributed by atoms with Crippen LogP contribution in [0.4, 0.5) is 19.9 Å². The third kappa shape index (κ3) is 21.2. The molecule has 4 aromatic heterocycles. The number of carboxylic acid groups (broad SMARTS) is 1. The van der Waals surface area contributed by atoms with E-state index in [2.05, 4.69) is 54.9 Å². The van der Waals surface area contributed by atoms with Crippen molar-refractivity contribution in [2.45, 2.75) is 205 Å². The van der Waals surface area contributed by atoms with E-state index in [-0.39, 0.29) is 62.6 Å². The lowest BCUT2D eigenvalue weighted by atomic mass is 9.85. The van der Waals surface area contributed by atoms with Crippen molar-refractivity contribution in [3.8, 4) is 45.8 Å². The molecule has 10 fully saturated rings. The Kier molecular flexibility index (Phi) is 27.9. The highest BCUT2D eigenvalue weighted by Gasteiger charge is 2.64. The van der Waals surface area contributed by atoms with Gasteiger partial charge >= 0.3 is 24.1 Å². The lowest BCUT2D eigenvalue weighted by molar-refractivity contribution is -0.148. The normalized spacial score (nSPS) is 26.9. The number of hydrogen-bond acceptors (Lipinski definition) is 27. The number of methoxy groups -OCH3 is 1. The number of fused-ring (bicyclic) bond motifs is 4. The third-order valence-corrected chi connectivity index (χ3v) is 28.1. The molecule has 16 atom stereocenters. The number of anilines is 2. The second-order valence-electron chi connectivity index (χ2n) is 38.0. The Labute approximate surface area is 757 Å². The molecule has 8 heterocycles. The van der Waals surface area contributed by atoms with E-state index in [0.717, 1.165) is 57.0 Å². The minimum atomic E-state index is -1.54. The van der Waals surface area contributed by atoms with Crippen LogP contribution in [0.15, 0.2) is 72.5 Å². The summed E-state index contributed by atoms with van der Waals surface area (Å²) >= 11 is 17.1. The van der Waals surface area contributed by atoms with Gasteiger partial charge in [-0.2, -0.15) is 0 Å². The maximum absolute atomic E-state index is 14.9. The van der Waals surface area contributed by atoms with E-state index in [1.807, 2.05) is 92.1 Å². The third-order valence-electron chi connectivity index (χ3n) is 25.8. The molecule has 32 nitrogen and oxygen atoms in total. The second kappa shape index (κ2) is 38.3. The number of pyridine rings is 2. The summed E-state index contributed by atoms with van der Waals surface area (Å²) in [6, 6.07) is 6.74. The first-order valence-electron chi connectivity index (χ1n) is 44.3. The number of aromatic nitrogens is 4. The number of nitrogens with zero attached hydrogens (tertiary/aromatic N) is 8. The standard InChI is InChI=1S/C46H60ClN7O9S.C45H58ClN7O9S/c1-8-28-22-46(28,42(57)59-7)52-40(55)34-20-30(23-54(34)41(56)39(45(4,5)6)51-44(58)63-29-18-26-17-27(26)19-29)62-36-21-32(33-24-64-43(50-33)48-25(2)3)49-38-31(36)9-10-35(37(38)47)61-16-13-53-11-14-60-15-12-53;1-7-27-21-45(27,41(56)57)51-39(54)33-19-29(22-53(33)40(55)38(44(4,5)6)50-43(58)62-28-17-25-16-26(25)18-28)61-35-20-31(32-23-63-42(49-32)47-24(2)3)48-37-30(35)8-9-34(36(37)46)60-15-12-52-10-13-59-14-11-52/h8-10,21,24-30,34,39H,1,11-20,22-23H2,2-7H3,(H,48,50)(H,51,58)(H,52,55);7-9,20,23-29,33,38H,1,10-19,21-22H2,2-6H3,(H,47,49)(H,50,58)(H,51,54)(H,56,57)/t26-,27+,28-,29?,30-,34+,39-,46?;25-,26+,27-,28?,29-,33+,38-,45?/m11/s1. The van der Waals surface area contributed by atoms with Crippen LogP contribution in [0.1, 0.15) is 133 Å². The van der Waals surface area contributed by atoms with Crippen molar-refractivity contribution in [2.75, 3.05) is 110 Å². The fourth-order valence-electron chi connectivity index (χ4n) is 18.4. The van der Waals surface area contributed by atoms with Crippen LogP contribution in [0, 0.1) is 46.3 Å². The zero-order chi connectivity index (χ0) is 90.3. The van der Waals surface area contributed by atoms with Crippen LogP contribution < -0.4 is 50.8 Å². The van der Waals surface area contributed by atoms with Crippen molar-refractivity contribution in [2.24, 2.45) is 46.3 Å². The first-order valence-corrected chi connectivity index (χ1v) is 46.8. The Bertz CT molecular complexity index is 5110. The number of ether oxygens (including phenoxy) is 9. The molecule has 6 saturated carbocycles. The van der Waals surface area contributed by atoms with Gasteiger partial charge in [0.2, 0.25) is 23.6 Å². The molecular formula is C91H118Cl2N14O18S2. The van der Waals surface area contributed by atoms with E-state index in [9.17, 15) is 43.5 Å². The fraction of sp³-hybridized carbons (Fsp3) is 0.604. The number of rotatable bonds is 32. The molecule has 36 heteroatoms. The summed E-state index contributed by atoms with van der Waals surface area (Å²) in [5.74, 6) is -0.675. The number of halogens is 2. The Morgan fingerprint density at radius 2 is 0.945 bits per heavy atom. The van der Waals surface area contributed by atoms with Crippen molar-refractivity contribution >= 4 is 126 Å². The minimum absolute atomic E-state index is 0.0168. The fourth-order valence-corrected chi connectivity index (χ4v) is 20.6. The van der Waals surface area contributed by atoms with Gasteiger partial charge in [-0.1, -0.05) is 76.9 Å². The Morgan fingerprint density at radius 1 is 0.551 bits per heavy atom. The topological polar surface area (TPSA) is 377 Å². The van der Waals surface area contributed by atoms with Crippen LogP contribution in [0.5, 0.6) is 23.0 Å². The average Bonchev–Trinajstić information content (AvgIpc) is 1.58. The van der Waals surface area contributed by atoms with Crippen molar-refractivity contribution in [3.63, 3.8) is 0 Å². The van der Waals surface area contributed by atoms with Crippen LogP contribution in [0.25, 0.3) is 44.6 Å². The Hall–Kier alpha value is -9.42. The lowest BCUT2D eigenvalue weighted by Crippen LogP contribution is -2.59. The highest BCUT2D eigenvalue weighted by Crippen LogP contribution is 2.54. The molecule has 4 unspecified atom stereocenters. The number of benzene rings is 2. The Balaban J connectivity index is 0.000000196. The quantitative estimate of drug-likeness (QED) is 0.0117. The molecule has 6 aliphatic carbocycles. The van der Waals surface area contributed by atoms with E-state index in [1.165, 1.54) is 58.5 Å². The van der Waals surface area contributed by atoms with Crippen molar-refractivity contribution in [3.05, 3.63) is 82.5 Å². The average molecular weight is 1830 g/mol. The van der Waals surface area contributed by atoms with Crippen molar-refractivity contribution in [1.82, 2.24) is 60.8 Å². The molecule has 16 rings (SSSR count). The predicted octanol–water partition coefficient (Wildman–Crippen LogP) is 12.0. The number of aliphatic carboxylic acids is 1. The maximum Gasteiger partial charge on any atom is 0.408 e. The van der Waals surface area contributed by atoms with E-state index < -0.39 is 112 Å². The molecular weight excluding hydrogens is 1710 g/mol. The van der Waals surface area contributed by atoms with Gasteiger partial charge in [0, 0.05) is 110 Å². The number of hydrogen-bond donors (Lipinski definition) is 7. The summed E-state index contributed by atoms with van der Waals surface area (Å²) in [4.78, 5) is 138. The number of carbonyl (C=O) groups excluding carboxylic acids is 7. The zero-order valence-electron chi connectivity index (χ0n) is 73.9. The number of nitrogens with one attached hydrogen (secondary N) is 6. The summed E-state index contributed by atoms with van der Waals surface area (Å²) in [6.07, 6.45) is 6.08. The monoisotopic (exact) mass is 1830 g/mol. The van der Waals surface area contributed by atoms with Crippen molar-refractivity contribution < 1.29 is 86.1 Å². The first-order chi connectivity index (χ1) is 60.6. The SMILES string of the molecule is C=C[C@@H]1CC1(NC(=O)[C@@H]1C[C@@H](Oc2cc(-c3csc(NC(C)C)n3)nc3c(Cl)c(OCCN4CCOCC4)ccc23)CN1C(=O)[C@@H](NC(=O)OC1C[C@@H]2C[C@@H]2C1)C(C)(C)C)C(=O)O.C=C[C@@H]1CC1(NC(=O)[C@@H]1C[C@@H](Oc2cc(-c3csc(NC(C)C)n3)nc3c(Cl)c(OCCN4CCOCC4)ccc23)CN1C(=O)[C@@H](NC(=O)OC1C[C@@H]2C[C@@H]2C1)C(C)(C)C)C(=O)OC. The molecule has 0 radical (unpaired) electrons. The number of carboxylic acids is 1. The number of morpholine rings is 2. The number of thiazole rings is 2. The molecule has 6 aromatic rings. The largest absolute Gasteiger partial charge is 0.491 e. The molecule has 4 saturated heterocycles. The van der Waals surface area contributed by atoms with Gasteiger partial charge in [0.1, 0.15) is 117 Å². The van der Waals surface area contributed by atoms with Gasteiger partial charge in [-0.25, -0.2) is 39.1 Å². The van der Waals surface area contributed by atoms with Crippen LogP contribution in [-0.2, 0) is 52.5 Å². The Morgan fingerprint density at radius 3 is 1.31 bits per heavy atom. The molecule has 10 aliphatic rings. The van der Waals surface area contributed by atoms with Gasteiger partial charge in [-0.05, 0) is 138 Å². The van der Waals surface area contributed by atoms with E-state index in [1.54, 1.807) is 30.3 Å². The number of amides is 6. The molecule has 0 bridgehead atoms. The van der Waals surface area contributed by atoms with Crippen LogP contribution in [0.3, 0.4) is 0 Å². The molecule has 127 heavy (non-hydrogen) atoms. The summed E-state index contributed by atoms with van der Waals surface area (Å²) in [6.45, 7) is 34.9. The number of carbonyl (C=O) groups is 8. The summed E-state index contributed by atoms with van der Waals surface area (Å²) in [7, 11) is 1.27. The summed E-state index contributed by atoms with van der Waals surface area (Å²) in [5, 5.41) is 35.2. The van der Waals surface area contributed by atoms with Crippen LogP contribution in [0.2, 0.25) is 10.0 Å². The van der Waals surface area contributed by atoms with Crippen LogP contribution in [-0.4, -0.2) is 263 Å². The van der Waals surface area contributed by atoms with Gasteiger partial charge in [0.05, 0.1) is 69.0 Å². The predicted molar refractivity (Wildman–Crippen MR) is 481 cm³/mol.